The van der Waals surface area contributed by atoms with Crippen LogP contribution in [-0.4, -0.2) is 28.9 Å². The second-order valence-electron chi connectivity index (χ2n) is 5.87. The van der Waals surface area contributed by atoms with Crippen LogP contribution in [0, 0.1) is 6.92 Å². The number of carbonyl (C=O) groups is 1. The lowest BCUT2D eigenvalue weighted by Gasteiger charge is -2.09. The number of aromatic hydroxyl groups is 2. The molecule has 26 heavy (non-hydrogen) atoms. The number of aryl methyl sites for hydroxylation is 1. The van der Waals surface area contributed by atoms with Crippen molar-refractivity contribution in [2.24, 2.45) is 5.10 Å². The predicted octanol–water partition coefficient (Wildman–Crippen LogP) is 3.12. The van der Waals surface area contributed by atoms with Gasteiger partial charge in [0.25, 0.3) is 5.91 Å². The Labute approximate surface area is 150 Å². The highest BCUT2D eigenvalue weighted by Crippen LogP contribution is 2.25. The van der Waals surface area contributed by atoms with Crippen molar-refractivity contribution in [3.63, 3.8) is 0 Å². The fraction of sp³-hybridized carbons (Fsp3) is 0.100. The number of amides is 1. The lowest BCUT2D eigenvalue weighted by atomic mass is 10.1. The minimum atomic E-state index is -0.315. The summed E-state index contributed by atoms with van der Waals surface area (Å²) in [5.74, 6) is -0.444. The standard InChI is InChI=1S/C20H19N3O3/c1-13-9-15(24)10-19(25)17(13)11-22-23-20(26)12-21-18-8-4-6-14-5-2-3-7-16(14)18/h2-11,21,24-25H,12H2,1H3,(H,23,26)/b22-11+. The van der Waals surface area contributed by atoms with Gasteiger partial charge in [-0.15, -0.1) is 0 Å². The van der Waals surface area contributed by atoms with Gasteiger partial charge >= 0.3 is 0 Å². The average molecular weight is 349 g/mol. The van der Waals surface area contributed by atoms with Gasteiger partial charge in [-0.1, -0.05) is 36.4 Å². The van der Waals surface area contributed by atoms with Crippen molar-refractivity contribution in [3.8, 4) is 11.5 Å². The van der Waals surface area contributed by atoms with E-state index in [2.05, 4.69) is 15.8 Å². The van der Waals surface area contributed by atoms with Gasteiger partial charge < -0.3 is 15.5 Å². The zero-order chi connectivity index (χ0) is 18.5. The van der Waals surface area contributed by atoms with Crippen molar-refractivity contribution in [3.05, 3.63) is 65.7 Å². The summed E-state index contributed by atoms with van der Waals surface area (Å²) in [7, 11) is 0. The molecule has 0 aliphatic rings. The molecule has 0 heterocycles. The molecule has 132 valence electrons. The highest BCUT2D eigenvalue weighted by atomic mass is 16.3. The number of fused-ring (bicyclic) bond motifs is 1. The number of benzene rings is 3. The number of nitrogens with zero attached hydrogens (tertiary/aromatic N) is 1. The van der Waals surface area contributed by atoms with Crippen molar-refractivity contribution in [1.29, 1.82) is 0 Å². The molecule has 0 spiro atoms. The zero-order valence-electron chi connectivity index (χ0n) is 14.2. The Morgan fingerprint density at radius 3 is 2.69 bits per heavy atom. The number of anilines is 1. The third-order valence-electron chi connectivity index (χ3n) is 3.96. The Balaban J connectivity index is 1.61. The Morgan fingerprint density at radius 1 is 1.12 bits per heavy atom. The van der Waals surface area contributed by atoms with Crippen LogP contribution in [0.2, 0.25) is 0 Å². The van der Waals surface area contributed by atoms with E-state index in [1.807, 2.05) is 42.5 Å². The first-order valence-corrected chi connectivity index (χ1v) is 8.10. The van der Waals surface area contributed by atoms with Crippen molar-refractivity contribution in [1.82, 2.24) is 5.43 Å². The van der Waals surface area contributed by atoms with Crippen molar-refractivity contribution >= 4 is 28.6 Å². The summed E-state index contributed by atoms with van der Waals surface area (Å²) < 4.78 is 0. The topological polar surface area (TPSA) is 93.9 Å². The van der Waals surface area contributed by atoms with Gasteiger partial charge in [-0.2, -0.15) is 5.10 Å². The summed E-state index contributed by atoms with van der Waals surface area (Å²) in [5, 5.41) is 28.3. The summed E-state index contributed by atoms with van der Waals surface area (Å²) in [4.78, 5) is 12.0. The van der Waals surface area contributed by atoms with Gasteiger partial charge in [0, 0.05) is 22.7 Å². The molecule has 6 nitrogen and oxygen atoms in total. The number of hydrogen-bond acceptors (Lipinski definition) is 5. The molecule has 3 rings (SSSR count). The molecule has 0 saturated heterocycles. The van der Waals surface area contributed by atoms with Crippen LogP contribution in [0.25, 0.3) is 10.8 Å². The molecule has 0 bridgehead atoms. The van der Waals surface area contributed by atoms with Crippen molar-refractivity contribution < 1.29 is 15.0 Å². The second-order valence-corrected chi connectivity index (χ2v) is 5.87. The lowest BCUT2D eigenvalue weighted by molar-refractivity contribution is -0.119. The molecule has 4 N–H and O–H groups in total. The van der Waals surface area contributed by atoms with Crippen molar-refractivity contribution in [2.75, 3.05) is 11.9 Å². The van der Waals surface area contributed by atoms with Crippen LogP contribution >= 0.6 is 0 Å². The lowest BCUT2D eigenvalue weighted by Crippen LogP contribution is -2.26. The Morgan fingerprint density at radius 2 is 1.88 bits per heavy atom. The zero-order valence-corrected chi connectivity index (χ0v) is 14.2. The SMILES string of the molecule is Cc1cc(O)cc(O)c1/C=N/NC(=O)CNc1cccc2ccccc12. The highest BCUT2D eigenvalue weighted by molar-refractivity contribution is 5.95. The molecule has 0 aliphatic carbocycles. The molecule has 6 heteroatoms. The maximum Gasteiger partial charge on any atom is 0.259 e. The van der Waals surface area contributed by atoms with Crippen LogP contribution in [0.3, 0.4) is 0 Å². The number of phenolic OH excluding ortho intramolecular Hbond substituents is 2. The van der Waals surface area contributed by atoms with E-state index in [0.717, 1.165) is 16.5 Å². The first kappa shape index (κ1) is 17.3. The van der Waals surface area contributed by atoms with E-state index in [1.54, 1.807) is 6.92 Å². The molecular weight excluding hydrogens is 330 g/mol. The highest BCUT2D eigenvalue weighted by Gasteiger charge is 2.06. The van der Waals surface area contributed by atoms with Gasteiger partial charge in [0.15, 0.2) is 0 Å². The largest absolute Gasteiger partial charge is 0.508 e. The molecule has 3 aromatic rings. The number of carbonyl (C=O) groups excluding carboxylic acids is 1. The molecule has 0 saturated carbocycles. The van der Waals surface area contributed by atoms with E-state index in [1.165, 1.54) is 18.3 Å². The van der Waals surface area contributed by atoms with Crippen LogP contribution in [-0.2, 0) is 4.79 Å². The Bertz CT molecular complexity index is 955. The third-order valence-corrected chi connectivity index (χ3v) is 3.96. The minimum absolute atomic E-state index is 0.0273. The summed E-state index contributed by atoms with van der Waals surface area (Å²) in [6.07, 6.45) is 1.35. The second kappa shape index (κ2) is 7.57. The van der Waals surface area contributed by atoms with Crippen LogP contribution in [0.1, 0.15) is 11.1 Å². The average Bonchev–Trinajstić information content (AvgIpc) is 2.62. The smallest absolute Gasteiger partial charge is 0.259 e. The van der Waals surface area contributed by atoms with E-state index in [9.17, 15) is 15.0 Å². The van der Waals surface area contributed by atoms with Gasteiger partial charge in [0.05, 0.1) is 12.8 Å². The number of rotatable bonds is 5. The number of hydrogen-bond donors (Lipinski definition) is 4. The van der Waals surface area contributed by atoms with E-state index in [0.29, 0.717) is 11.1 Å². The quantitative estimate of drug-likeness (QED) is 0.420. The maximum absolute atomic E-state index is 12.0. The van der Waals surface area contributed by atoms with E-state index < -0.39 is 0 Å². The van der Waals surface area contributed by atoms with Gasteiger partial charge in [-0.25, -0.2) is 5.43 Å². The normalized spacial score (nSPS) is 11.0. The van der Waals surface area contributed by atoms with Gasteiger partial charge in [0.1, 0.15) is 11.5 Å². The Kier molecular flexibility index (Phi) is 5.03. The minimum Gasteiger partial charge on any atom is -0.508 e. The van der Waals surface area contributed by atoms with Gasteiger partial charge in [0.2, 0.25) is 0 Å². The van der Waals surface area contributed by atoms with Gasteiger partial charge in [-0.05, 0) is 30.0 Å². The summed E-state index contributed by atoms with van der Waals surface area (Å²) >= 11 is 0. The number of hydrazone groups is 1. The molecule has 0 unspecified atom stereocenters. The maximum atomic E-state index is 12.0. The molecule has 0 aromatic heterocycles. The first-order chi connectivity index (χ1) is 12.5. The van der Waals surface area contributed by atoms with E-state index in [4.69, 9.17) is 0 Å². The molecule has 0 fully saturated rings. The van der Waals surface area contributed by atoms with E-state index >= 15 is 0 Å². The molecule has 0 aliphatic heterocycles. The van der Waals surface area contributed by atoms with E-state index in [-0.39, 0.29) is 24.0 Å². The van der Waals surface area contributed by atoms with Crippen LogP contribution in [0.5, 0.6) is 11.5 Å². The fourth-order valence-corrected chi connectivity index (χ4v) is 2.69. The molecule has 1 amide bonds. The van der Waals surface area contributed by atoms with Crippen LogP contribution in [0.4, 0.5) is 5.69 Å². The first-order valence-electron chi connectivity index (χ1n) is 8.10. The molecular formula is C20H19N3O3. The molecule has 0 atom stereocenters. The molecule has 0 radical (unpaired) electrons. The number of nitrogens with one attached hydrogen (secondary N) is 2. The van der Waals surface area contributed by atoms with Crippen molar-refractivity contribution in [2.45, 2.75) is 6.92 Å². The predicted molar refractivity (Wildman–Crippen MR) is 103 cm³/mol. The molecule has 3 aromatic carbocycles. The summed E-state index contributed by atoms with van der Waals surface area (Å²) in [5.41, 5.74) is 4.37. The Hall–Kier alpha value is -3.54. The van der Waals surface area contributed by atoms with Crippen LogP contribution < -0.4 is 10.7 Å². The summed E-state index contributed by atoms with van der Waals surface area (Å²) in [6, 6.07) is 16.5. The monoisotopic (exact) mass is 349 g/mol. The summed E-state index contributed by atoms with van der Waals surface area (Å²) in [6.45, 7) is 1.79. The third kappa shape index (κ3) is 3.92. The number of phenols is 2. The van der Waals surface area contributed by atoms with Crippen LogP contribution in [0.15, 0.2) is 59.7 Å². The van der Waals surface area contributed by atoms with Gasteiger partial charge in [-0.3, -0.25) is 4.79 Å². The fourth-order valence-electron chi connectivity index (χ4n) is 2.69.